The number of hydrogen-bond acceptors (Lipinski definition) is 4. The molecule has 0 aliphatic heterocycles. The summed E-state index contributed by atoms with van der Waals surface area (Å²) in [5.74, 6) is -1.18. The Kier molecular flexibility index (Phi) is 4.44. The lowest BCUT2D eigenvalue weighted by Gasteiger charge is -2.06. The van der Waals surface area contributed by atoms with Crippen LogP contribution in [0, 0.1) is 28.9 Å². The van der Waals surface area contributed by atoms with Crippen LogP contribution in [0.4, 0.5) is 8.78 Å². The van der Waals surface area contributed by atoms with Crippen molar-refractivity contribution in [2.24, 2.45) is 5.92 Å². The predicted molar refractivity (Wildman–Crippen MR) is 81.9 cm³/mol. The minimum Gasteiger partial charge on any atom is -0.300 e. The van der Waals surface area contributed by atoms with Crippen LogP contribution in [0.3, 0.4) is 0 Å². The van der Waals surface area contributed by atoms with Gasteiger partial charge in [0.2, 0.25) is 0 Å². The molecule has 1 aliphatic carbocycles. The van der Waals surface area contributed by atoms with Crippen LogP contribution in [0.2, 0.25) is 0 Å². The number of H-pyrrole nitrogens is 1. The van der Waals surface area contributed by atoms with Gasteiger partial charge in [-0.05, 0) is 31.2 Å². The summed E-state index contributed by atoms with van der Waals surface area (Å²) in [6.07, 6.45) is 2.77. The Morgan fingerprint density at radius 1 is 1.39 bits per heavy atom. The molecule has 3 rings (SSSR count). The van der Waals surface area contributed by atoms with Crippen LogP contribution in [0.1, 0.15) is 29.7 Å². The van der Waals surface area contributed by atoms with Gasteiger partial charge in [-0.15, -0.1) is 0 Å². The Balaban J connectivity index is 1.82. The van der Waals surface area contributed by atoms with E-state index < -0.39 is 17.2 Å². The van der Waals surface area contributed by atoms with Gasteiger partial charge in [0.1, 0.15) is 11.6 Å². The maximum Gasteiger partial charge on any atom is 0.269 e. The molecule has 0 amide bonds. The van der Waals surface area contributed by atoms with Gasteiger partial charge >= 0.3 is 0 Å². The van der Waals surface area contributed by atoms with Gasteiger partial charge in [-0.3, -0.25) is 4.79 Å². The number of thioether (sulfide) groups is 1. The zero-order valence-corrected chi connectivity index (χ0v) is 12.9. The summed E-state index contributed by atoms with van der Waals surface area (Å²) in [6, 6.07) is 5.86. The number of nitriles is 1. The van der Waals surface area contributed by atoms with E-state index in [0.717, 1.165) is 30.7 Å². The van der Waals surface area contributed by atoms with E-state index >= 15 is 0 Å². The lowest BCUT2D eigenvalue weighted by atomic mass is 10.1. The van der Waals surface area contributed by atoms with Crippen molar-refractivity contribution in [3.8, 4) is 6.07 Å². The Hall–Kier alpha value is -2.20. The minimum absolute atomic E-state index is 0.0400. The molecule has 7 heteroatoms. The highest BCUT2D eigenvalue weighted by Gasteiger charge is 2.25. The van der Waals surface area contributed by atoms with Crippen LogP contribution in [0.15, 0.2) is 28.2 Å². The molecular formula is C16H13F2N3OS. The fourth-order valence-corrected chi connectivity index (χ4v) is 3.08. The van der Waals surface area contributed by atoms with E-state index in [1.807, 2.05) is 6.07 Å². The van der Waals surface area contributed by atoms with E-state index in [9.17, 15) is 13.6 Å². The van der Waals surface area contributed by atoms with Crippen LogP contribution in [0.5, 0.6) is 0 Å². The van der Waals surface area contributed by atoms with E-state index in [0.29, 0.717) is 23.2 Å². The quantitative estimate of drug-likeness (QED) is 0.674. The van der Waals surface area contributed by atoms with Crippen molar-refractivity contribution in [2.45, 2.75) is 30.2 Å². The molecule has 0 bridgehead atoms. The van der Waals surface area contributed by atoms with Crippen LogP contribution in [-0.4, -0.2) is 9.97 Å². The van der Waals surface area contributed by atoms with Crippen molar-refractivity contribution < 1.29 is 8.78 Å². The number of rotatable bonds is 5. The number of nitrogens with zero attached hydrogens (tertiary/aromatic N) is 2. The van der Waals surface area contributed by atoms with Gasteiger partial charge in [0.05, 0.1) is 5.69 Å². The average molecular weight is 333 g/mol. The Morgan fingerprint density at radius 2 is 2.17 bits per heavy atom. The number of benzene rings is 1. The van der Waals surface area contributed by atoms with Crippen molar-refractivity contribution in [2.75, 3.05) is 0 Å². The van der Waals surface area contributed by atoms with Gasteiger partial charge in [-0.1, -0.05) is 23.9 Å². The summed E-state index contributed by atoms with van der Waals surface area (Å²) >= 11 is 1.11. The first-order valence-electron chi connectivity index (χ1n) is 7.17. The molecule has 1 saturated carbocycles. The second kappa shape index (κ2) is 6.50. The minimum atomic E-state index is -0.904. The molecular weight excluding hydrogens is 320 g/mol. The molecule has 1 N–H and O–H groups in total. The van der Waals surface area contributed by atoms with Gasteiger partial charge in [0, 0.05) is 11.3 Å². The third-order valence-electron chi connectivity index (χ3n) is 3.66. The topological polar surface area (TPSA) is 69.5 Å². The number of hydrogen-bond donors (Lipinski definition) is 1. The number of halogens is 2. The summed E-state index contributed by atoms with van der Waals surface area (Å²) in [5.41, 5.74) is 0.241. The highest BCUT2D eigenvalue weighted by Crippen LogP contribution is 2.33. The molecule has 0 unspecified atom stereocenters. The van der Waals surface area contributed by atoms with Crippen molar-refractivity contribution in [3.63, 3.8) is 0 Å². The van der Waals surface area contributed by atoms with E-state index in [2.05, 4.69) is 9.97 Å². The molecule has 1 aliphatic rings. The monoisotopic (exact) mass is 333 g/mol. The Bertz CT molecular complexity index is 840. The van der Waals surface area contributed by atoms with E-state index in [1.54, 1.807) is 0 Å². The van der Waals surface area contributed by atoms with Crippen LogP contribution in [-0.2, 0) is 12.2 Å². The normalized spacial score (nSPS) is 13.8. The summed E-state index contributed by atoms with van der Waals surface area (Å²) in [4.78, 5) is 18.8. The van der Waals surface area contributed by atoms with E-state index in [1.165, 1.54) is 12.1 Å². The van der Waals surface area contributed by atoms with Gasteiger partial charge in [0.25, 0.3) is 5.56 Å². The molecule has 2 aromatic rings. The maximum atomic E-state index is 13.6. The third-order valence-corrected chi connectivity index (χ3v) is 4.58. The van der Waals surface area contributed by atoms with Crippen LogP contribution >= 0.6 is 11.8 Å². The first-order valence-corrected chi connectivity index (χ1v) is 8.16. The highest BCUT2D eigenvalue weighted by atomic mass is 32.2. The molecule has 118 valence electrons. The first-order chi connectivity index (χ1) is 11.1. The molecule has 0 radical (unpaired) electrons. The molecule has 4 nitrogen and oxygen atoms in total. The first kappa shape index (κ1) is 15.7. The van der Waals surface area contributed by atoms with Crippen LogP contribution in [0.25, 0.3) is 0 Å². The molecule has 1 heterocycles. The van der Waals surface area contributed by atoms with Gasteiger partial charge in [0.15, 0.2) is 16.8 Å². The van der Waals surface area contributed by atoms with Crippen molar-refractivity contribution in [1.29, 1.82) is 5.26 Å². The third kappa shape index (κ3) is 3.59. The molecule has 1 fully saturated rings. The van der Waals surface area contributed by atoms with Crippen molar-refractivity contribution in [1.82, 2.24) is 9.97 Å². The lowest BCUT2D eigenvalue weighted by molar-refractivity contribution is 0.502. The average Bonchev–Trinajstić information content (AvgIpc) is 3.33. The smallest absolute Gasteiger partial charge is 0.269 e. The second-order valence-corrected chi connectivity index (χ2v) is 6.42. The molecule has 0 atom stereocenters. The highest BCUT2D eigenvalue weighted by molar-refractivity contribution is 7.98. The SMILES string of the molecule is N#Cc1c(CC2CC2)nc(SCc2cccc(F)c2F)[nH]c1=O. The standard InChI is InChI=1S/C16H13F2N3OS/c17-12-3-1-2-10(14(12)18)8-23-16-20-13(6-9-4-5-9)11(7-19)15(22)21-16/h1-3,9H,4-6,8H2,(H,20,21,22). The van der Waals surface area contributed by atoms with E-state index in [4.69, 9.17) is 5.26 Å². The summed E-state index contributed by atoms with van der Waals surface area (Å²) in [6.45, 7) is 0. The van der Waals surface area contributed by atoms with Crippen LogP contribution < -0.4 is 5.56 Å². The fraction of sp³-hybridized carbons (Fsp3) is 0.312. The summed E-state index contributed by atoms with van der Waals surface area (Å²) in [5, 5.41) is 9.40. The second-order valence-electron chi connectivity index (χ2n) is 5.45. The molecule has 0 saturated heterocycles. The van der Waals surface area contributed by atoms with Crippen molar-refractivity contribution in [3.05, 3.63) is 57.0 Å². The Morgan fingerprint density at radius 3 is 2.87 bits per heavy atom. The van der Waals surface area contributed by atoms with Gasteiger partial charge < -0.3 is 4.98 Å². The molecule has 1 aromatic carbocycles. The van der Waals surface area contributed by atoms with E-state index in [-0.39, 0.29) is 16.9 Å². The number of aromatic amines is 1. The van der Waals surface area contributed by atoms with Crippen molar-refractivity contribution >= 4 is 11.8 Å². The summed E-state index contributed by atoms with van der Waals surface area (Å²) in [7, 11) is 0. The number of aromatic nitrogens is 2. The molecule has 23 heavy (non-hydrogen) atoms. The number of nitrogens with one attached hydrogen (secondary N) is 1. The largest absolute Gasteiger partial charge is 0.300 e. The van der Waals surface area contributed by atoms with Gasteiger partial charge in [-0.2, -0.15) is 5.26 Å². The zero-order chi connectivity index (χ0) is 16.4. The predicted octanol–water partition coefficient (Wildman–Crippen LogP) is 3.16. The molecule has 0 spiro atoms. The van der Waals surface area contributed by atoms with Gasteiger partial charge in [-0.25, -0.2) is 13.8 Å². The summed E-state index contributed by atoms with van der Waals surface area (Å²) < 4.78 is 26.8. The fourth-order valence-electron chi connectivity index (χ4n) is 2.23. The zero-order valence-electron chi connectivity index (χ0n) is 12.1. The Labute approximate surface area is 135 Å². The maximum absolute atomic E-state index is 13.6. The molecule has 1 aromatic heterocycles. The lowest BCUT2D eigenvalue weighted by Crippen LogP contribution is -2.17.